The molecule has 0 saturated heterocycles. The third-order valence-electron chi connectivity index (χ3n) is 3.63. The molecule has 1 aromatic carbocycles. The largest absolute Gasteiger partial charge is 0.371 e. The minimum atomic E-state index is 0.674. The van der Waals surface area contributed by atoms with Crippen molar-refractivity contribution in [3.63, 3.8) is 0 Å². The number of nitrogens with one attached hydrogen (secondary N) is 1. The molecule has 0 aliphatic carbocycles. The summed E-state index contributed by atoms with van der Waals surface area (Å²) in [5.74, 6) is 1.46. The molecule has 0 aliphatic heterocycles. The molecule has 4 nitrogen and oxygen atoms in total. The average Bonchev–Trinajstić information content (AvgIpc) is 2.38. The molecule has 2 aromatic rings. The lowest BCUT2D eigenvalue weighted by molar-refractivity contribution is 0.914. The third kappa shape index (κ3) is 2.30. The smallest absolute Gasteiger partial charge is 0.156 e. The molecule has 4 heteroatoms. The van der Waals surface area contributed by atoms with Gasteiger partial charge in [-0.05, 0) is 56.9 Å². The maximum Gasteiger partial charge on any atom is 0.156 e. The van der Waals surface area contributed by atoms with Gasteiger partial charge in [0.25, 0.3) is 0 Å². The first-order valence-corrected chi connectivity index (χ1v) is 6.42. The molecule has 0 spiro atoms. The molecule has 1 N–H and O–H groups in total. The van der Waals surface area contributed by atoms with Crippen LogP contribution in [0.15, 0.2) is 6.07 Å². The van der Waals surface area contributed by atoms with Gasteiger partial charge in [0.05, 0.1) is 0 Å². The number of hydrogen-bond donors (Lipinski definition) is 1. The van der Waals surface area contributed by atoms with Crippen LogP contribution in [0.5, 0.6) is 0 Å². The van der Waals surface area contributed by atoms with E-state index >= 15 is 0 Å². The van der Waals surface area contributed by atoms with Gasteiger partial charge in [0.1, 0.15) is 11.5 Å². The fourth-order valence-electron chi connectivity index (χ4n) is 2.32. The zero-order chi connectivity index (χ0) is 14.2. The molecule has 1 aromatic heterocycles. The topological polar surface area (TPSA) is 50.7 Å². The van der Waals surface area contributed by atoms with E-state index in [4.69, 9.17) is 0 Å². The van der Waals surface area contributed by atoms with E-state index in [1.54, 1.807) is 0 Å². The van der Waals surface area contributed by atoms with Crippen molar-refractivity contribution in [3.05, 3.63) is 34.1 Å². The number of rotatable bonds is 2. The predicted molar refractivity (Wildman–Crippen MR) is 78.5 cm³/mol. The summed E-state index contributed by atoms with van der Waals surface area (Å²) in [5, 5.41) is 11.6. The van der Waals surface area contributed by atoms with E-state index < -0.39 is 0 Å². The van der Waals surface area contributed by atoms with Crippen molar-refractivity contribution < 1.29 is 0 Å². The highest BCUT2D eigenvalue weighted by molar-refractivity contribution is 5.77. The van der Waals surface area contributed by atoms with Crippen molar-refractivity contribution in [1.82, 2.24) is 15.2 Å². The molecule has 1 heterocycles. The van der Waals surface area contributed by atoms with Crippen LogP contribution >= 0.6 is 0 Å². The SMILES string of the molecule is CNc1nc(C)nnc1-c1c(C)c(C)cc(C)c1C. The highest BCUT2D eigenvalue weighted by Crippen LogP contribution is 2.33. The summed E-state index contributed by atoms with van der Waals surface area (Å²) < 4.78 is 0. The number of nitrogens with zero attached hydrogens (tertiary/aromatic N) is 3. The van der Waals surface area contributed by atoms with Crippen LogP contribution in [-0.4, -0.2) is 22.2 Å². The van der Waals surface area contributed by atoms with Crippen molar-refractivity contribution in [2.45, 2.75) is 34.6 Å². The molecule has 0 atom stereocenters. The molecule has 0 saturated carbocycles. The molecule has 0 unspecified atom stereocenters. The summed E-state index contributed by atoms with van der Waals surface area (Å²) in [6.07, 6.45) is 0. The molecule has 0 amide bonds. The zero-order valence-corrected chi connectivity index (χ0v) is 12.4. The molecule has 0 fully saturated rings. The van der Waals surface area contributed by atoms with Gasteiger partial charge in [0.15, 0.2) is 5.82 Å². The Bertz CT molecular complexity index is 606. The van der Waals surface area contributed by atoms with Gasteiger partial charge in [-0.2, -0.15) is 0 Å². The Labute approximate surface area is 114 Å². The van der Waals surface area contributed by atoms with E-state index in [2.05, 4.69) is 54.3 Å². The monoisotopic (exact) mass is 256 g/mol. The fraction of sp³-hybridized carbons (Fsp3) is 0.400. The predicted octanol–water partition coefficient (Wildman–Crippen LogP) is 3.12. The first-order valence-electron chi connectivity index (χ1n) is 6.42. The van der Waals surface area contributed by atoms with Crippen LogP contribution in [0.2, 0.25) is 0 Å². The van der Waals surface area contributed by atoms with Crippen molar-refractivity contribution in [2.75, 3.05) is 12.4 Å². The average molecular weight is 256 g/mol. The second-order valence-electron chi connectivity index (χ2n) is 4.94. The molecule has 0 bridgehead atoms. The molecular weight excluding hydrogens is 236 g/mol. The Hall–Kier alpha value is -1.97. The van der Waals surface area contributed by atoms with Crippen LogP contribution in [0, 0.1) is 34.6 Å². The number of anilines is 1. The van der Waals surface area contributed by atoms with Gasteiger partial charge >= 0.3 is 0 Å². The summed E-state index contributed by atoms with van der Waals surface area (Å²) in [6, 6.07) is 2.21. The zero-order valence-electron chi connectivity index (χ0n) is 12.4. The van der Waals surface area contributed by atoms with Gasteiger partial charge in [0, 0.05) is 12.6 Å². The lowest BCUT2D eigenvalue weighted by Crippen LogP contribution is -2.05. The Balaban J connectivity index is 2.79. The van der Waals surface area contributed by atoms with Crippen LogP contribution in [0.1, 0.15) is 28.1 Å². The van der Waals surface area contributed by atoms with Crippen LogP contribution in [0.3, 0.4) is 0 Å². The summed E-state index contributed by atoms with van der Waals surface area (Å²) in [4.78, 5) is 4.42. The number of hydrogen-bond acceptors (Lipinski definition) is 4. The minimum absolute atomic E-state index is 0.674. The Morgan fingerprint density at radius 2 is 1.47 bits per heavy atom. The Morgan fingerprint density at radius 1 is 0.895 bits per heavy atom. The number of aryl methyl sites for hydroxylation is 3. The van der Waals surface area contributed by atoms with E-state index in [9.17, 15) is 0 Å². The minimum Gasteiger partial charge on any atom is -0.371 e. The van der Waals surface area contributed by atoms with Crippen molar-refractivity contribution >= 4 is 5.82 Å². The molecule has 19 heavy (non-hydrogen) atoms. The van der Waals surface area contributed by atoms with Gasteiger partial charge in [-0.1, -0.05) is 6.07 Å². The molecule has 0 aliphatic rings. The van der Waals surface area contributed by atoms with Gasteiger partial charge in [-0.3, -0.25) is 0 Å². The Morgan fingerprint density at radius 3 is 2.00 bits per heavy atom. The van der Waals surface area contributed by atoms with Gasteiger partial charge in [-0.25, -0.2) is 4.98 Å². The van der Waals surface area contributed by atoms with Gasteiger partial charge < -0.3 is 5.32 Å². The van der Waals surface area contributed by atoms with Crippen molar-refractivity contribution in [3.8, 4) is 11.3 Å². The number of benzene rings is 1. The van der Waals surface area contributed by atoms with E-state index in [0.29, 0.717) is 5.82 Å². The van der Waals surface area contributed by atoms with Crippen molar-refractivity contribution in [1.29, 1.82) is 0 Å². The molecular formula is C15H20N4. The van der Waals surface area contributed by atoms with Crippen LogP contribution in [0.25, 0.3) is 11.3 Å². The first-order chi connectivity index (χ1) is 8.95. The lowest BCUT2D eigenvalue weighted by Gasteiger charge is -2.16. The van der Waals surface area contributed by atoms with Crippen LogP contribution in [-0.2, 0) is 0 Å². The normalized spacial score (nSPS) is 10.6. The molecule has 2 rings (SSSR count). The summed E-state index contributed by atoms with van der Waals surface area (Å²) in [7, 11) is 1.86. The highest BCUT2D eigenvalue weighted by atomic mass is 15.2. The van der Waals surface area contributed by atoms with Crippen LogP contribution in [0.4, 0.5) is 5.82 Å². The highest BCUT2D eigenvalue weighted by Gasteiger charge is 2.16. The van der Waals surface area contributed by atoms with E-state index in [1.807, 2.05) is 14.0 Å². The molecule has 0 radical (unpaired) electrons. The maximum absolute atomic E-state index is 4.42. The summed E-state index contributed by atoms with van der Waals surface area (Å²) in [5.41, 5.74) is 6.97. The van der Waals surface area contributed by atoms with Crippen LogP contribution < -0.4 is 5.32 Å². The quantitative estimate of drug-likeness (QED) is 0.897. The summed E-state index contributed by atoms with van der Waals surface area (Å²) >= 11 is 0. The number of aromatic nitrogens is 3. The maximum atomic E-state index is 4.42. The third-order valence-corrected chi connectivity index (χ3v) is 3.63. The second-order valence-corrected chi connectivity index (χ2v) is 4.94. The van der Waals surface area contributed by atoms with Gasteiger partial charge in [0.2, 0.25) is 0 Å². The van der Waals surface area contributed by atoms with E-state index in [-0.39, 0.29) is 0 Å². The molecule has 100 valence electrons. The van der Waals surface area contributed by atoms with E-state index in [1.165, 1.54) is 22.3 Å². The lowest BCUT2D eigenvalue weighted by atomic mass is 9.92. The van der Waals surface area contributed by atoms with Gasteiger partial charge in [-0.15, -0.1) is 10.2 Å². The standard InChI is InChI=1S/C15H20N4/c1-8-7-9(2)11(4)13(10(8)3)14-15(16-6)17-12(5)18-19-14/h7H,1-6H3,(H,16,17,18). The summed E-state index contributed by atoms with van der Waals surface area (Å²) in [6.45, 7) is 10.3. The Kier molecular flexibility index (Phi) is 3.51. The van der Waals surface area contributed by atoms with Crippen molar-refractivity contribution in [2.24, 2.45) is 0 Å². The fourth-order valence-corrected chi connectivity index (χ4v) is 2.32. The van der Waals surface area contributed by atoms with E-state index in [0.717, 1.165) is 17.1 Å². The first kappa shape index (κ1) is 13.5. The second kappa shape index (κ2) is 4.96.